The van der Waals surface area contributed by atoms with Crippen LogP contribution in [0, 0.1) is 6.92 Å². The fourth-order valence-corrected chi connectivity index (χ4v) is 2.11. The van der Waals surface area contributed by atoms with Crippen molar-refractivity contribution in [3.63, 3.8) is 0 Å². The lowest BCUT2D eigenvalue weighted by molar-refractivity contribution is -0.000701. The topological polar surface area (TPSA) is 59.6 Å². The van der Waals surface area contributed by atoms with E-state index in [9.17, 15) is 0 Å². The van der Waals surface area contributed by atoms with Crippen molar-refractivity contribution >= 4 is 11.6 Å². The summed E-state index contributed by atoms with van der Waals surface area (Å²) in [5.41, 5.74) is 8.07. The van der Waals surface area contributed by atoms with Crippen LogP contribution in [0.4, 0.5) is 5.69 Å². The summed E-state index contributed by atoms with van der Waals surface area (Å²) in [4.78, 5) is 4.44. The second-order valence-electron chi connectivity index (χ2n) is 4.71. The van der Waals surface area contributed by atoms with Gasteiger partial charge in [-0.15, -0.1) is 0 Å². The molecular formula is C14H21N3O. The van der Waals surface area contributed by atoms with Gasteiger partial charge in [-0.1, -0.05) is 12.1 Å². The maximum atomic E-state index is 5.88. The molecule has 0 aliphatic heterocycles. The number of rotatable bonds is 4. The average Bonchev–Trinajstić information content (AvgIpc) is 2.26. The first-order valence-electron chi connectivity index (χ1n) is 6.46. The second kappa shape index (κ2) is 5.87. The molecule has 0 bridgehead atoms. The molecule has 1 fully saturated rings. The van der Waals surface area contributed by atoms with Crippen LogP contribution < -0.4 is 11.1 Å². The minimum Gasteiger partial charge on any atom is -0.378 e. The predicted molar refractivity (Wildman–Crippen MR) is 74.9 cm³/mol. The van der Waals surface area contributed by atoms with Crippen molar-refractivity contribution in [1.29, 1.82) is 0 Å². The predicted octanol–water partition coefficient (Wildman–Crippen LogP) is 2.29. The molecule has 4 heteroatoms. The van der Waals surface area contributed by atoms with Gasteiger partial charge in [-0.3, -0.25) is 0 Å². The molecule has 1 aromatic rings. The van der Waals surface area contributed by atoms with E-state index in [1.165, 1.54) is 5.56 Å². The Labute approximate surface area is 108 Å². The summed E-state index contributed by atoms with van der Waals surface area (Å²) in [6, 6.07) is 8.39. The summed E-state index contributed by atoms with van der Waals surface area (Å²) < 4.78 is 5.49. The van der Waals surface area contributed by atoms with Crippen LogP contribution in [0.25, 0.3) is 0 Å². The van der Waals surface area contributed by atoms with Gasteiger partial charge in [-0.2, -0.15) is 0 Å². The zero-order chi connectivity index (χ0) is 13.0. The highest BCUT2D eigenvalue weighted by Gasteiger charge is 2.29. The van der Waals surface area contributed by atoms with Crippen molar-refractivity contribution in [3.8, 4) is 0 Å². The van der Waals surface area contributed by atoms with Crippen molar-refractivity contribution in [2.24, 2.45) is 10.7 Å². The van der Waals surface area contributed by atoms with Crippen LogP contribution in [0.3, 0.4) is 0 Å². The molecule has 0 unspecified atom stereocenters. The summed E-state index contributed by atoms with van der Waals surface area (Å²) in [6.45, 7) is 4.85. The summed E-state index contributed by atoms with van der Waals surface area (Å²) in [7, 11) is 0. The minimum absolute atomic E-state index is 0.304. The molecule has 18 heavy (non-hydrogen) atoms. The Hall–Kier alpha value is -1.55. The summed E-state index contributed by atoms with van der Waals surface area (Å²) >= 11 is 0. The molecule has 0 spiro atoms. The monoisotopic (exact) mass is 247 g/mol. The number of hydrogen-bond acceptors (Lipinski definition) is 2. The summed E-state index contributed by atoms with van der Waals surface area (Å²) in [5.74, 6) is 0.487. The third-order valence-corrected chi connectivity index (χ3v) is 3.08. The molecule has 3 N–H and O–H groups in total. The van der Waals surface area contributed by atoms with Gasteiger partial charge in [0, 0.05) is 12.3 Å². The van der Waals surface area contributed by atoms with Crippen molar-refractivity contribution in [1.82, 2.24) is 0 Å². The minimum atomic E-state index is 0.304. The molecule has 0 atom stereocenters. The average molecular weight is 247 g/mol. The molecule has 1 saturated carbocycles. The van der Waals surface area contributed by atoms with Crippen LogP contribution in [-0.4, -0.2) is 24.7 Å². The summed E-state index contributed by atoms with van der Waals surface area (Å²) in [6.07, 6.45) is 2.32. The van der Waals surface area contributed by atoms with Gasteiger partial charge in [0.2, 0.25) is 0 Å². The number of aliphatic imine (C=N–C) groups is 1. The zero-order valence-corrected chi connectivity index (χ0v) is 11.0. The van der Waals surface area contributed by atoms with Crippen LogP contribution in [0.1, 0.15) is 25.3 Å². The quantitative estimate of drug-likeness (QED) is 0.634. The zero-order valence-electron chi connectivity index (χ0n) is 11.0. The third kappa shape index (κ3) is 3.47. The van der Waals surface area contributed by atoms with E-state index < -0.39 is 0 Å². The SMILES string of the molecule is CCOC1CC(N=C(N)Nc2cccc(C)c2)C1. The summed E-state index contributed by atoms with van der Waals surface area (Å²) in [5, 5.41) is 3.12. The number of benzene rings is 1. The third-order valence-electron chi connectivity index (χ3n) is 3.08. The Morgan fingerprint density at radius 2 is 2.28 bits per heavy atom. The first kappa shape index (κ1) is 12.9. The van der Waals surface area contributed by atoms with E-state index in [0.717, 1.165) is 25.1 Å². The number of anilines is 1. The molecule has 2 rings (SSSR count). The Balaban J connectivity index is 1.83. The van der Waals surface area contributed by atoms with Gasteiger partial charge in [0.1, 0.15) is 0 Å². The van der Waals surface area contributed by atoms with Crippen molar-refractivity contribution < 1.29 is 4.74 Å². The maximum Gasteiger partial charge on any atom is 0.193 e. The van der Waals surface area contributed by atoms with E-state index in [1.54, 1.807) is 0 Å². The number of ether oxygens (including phenoxy) is 1. The number of aryl methyl sites for hydroxylation is 1. The van der Waals surface area contributed by atoms with Crippen LogP contribution in [-0.2, 0) is 4.74 Å². The molecule has 0 radical (unpaired) electrons. The number of nitrogens with one attached hydrogen (secondary N) is 1. The lowest BCUT2D eigenvalue weighted by Crippen LogP contribution is -2.37. The van der Waals surface area contributed by atoms with Gasteiger partial charge < -0.3 is 15.8 Å². The van der Waals surface area contributed by atoms with E-state index in [-0.39, 0.29) is 0 Å². The van der Waals surface area contributed by atoms with Crippen molar-refractivity contribution in [2.75, 3.05) is 11.9 Å². The number of hydrogen-bond donors (Lipinski definition) is 2. The van der Waals surface area contributed by atoms with Crippen LogP contribution in [0.2, 0.25) is 0 Å². The lowest BCUT2D eigenvalue weighted by Gasteiger charge is -2.32. The number of guanidine groups is 1. The van der Waals surface area contributed by atoms with E-state index in [4.69, 9.17) is 10.5 Å². The Kier molecular flexibility index (Phi) is 4.20. The van der Waals surface area contributed by atoms with E-state index in [2.05, 4.69) is 23.3 Å². The fraction of sp³-hybridized carbons (Fsp3) is 0.500. The standard InChI is InChI=1S/C14H21N3O/c1-3-18-13-8-12(9-13)17-14(15)16-11-6-4-5-10(2)7-11/h4-7,12-13H,3,8-9H2,1-2H3,(H3,15,16,17). The van der Waals surface area contributed by atoms with Gasteiger partial charge in [0.05, 0.1) is 12.1 Å². The smallest absolute Gasteiger partial charge is 0.193 e. The number of nitrogens with two attached hydrogens (primary N) is 1. The molecule has 1 aliphatic carbocycles. The largest absolute Gasteiger partial charge is 0.378 e. The highest BCUT2D eigenvalue weighted by Crippen LogP contribution is 2.26. The molecule has 0 aromatic heterocycles. The maximum absolute atomic E-state index is 5.88. The Morgan fingerprint density at radius 3 is 2.94 bits per heavy atom. The van der Waals surface area contributed by atoms with Crippen LogP contribution in [0.15, 0.2) is 29.3 Å². The molecular weight excluding hydrogens is 226 g/mol. The first-order valence-corrected chi connectivity index (χ1v) is 6.46. The van der Waals surface area contributed by atoms with Gasteiger partial charge >= 0.3 is 0 Å². The van der Waals surface area contributed by atoms with Crippen molar-refractivity contribution in [3.05, 3.63) is 29.8 Å². The fourth-order valence-electron chi connectivity index (χ4n) is 2.11. The van der Waals surface area contributed by atoms with Crippen LogP contribution in [0.5, 0.6) is 0 Å². The molecule has 0 saturated heterocycles. The Morgan fingerprint density at radius 1 is 1.50 bits per heavy atom. The molecule has 0 heterocycles. The van der Waals surface area contributed by atoms with Gasteiger partial charge in [-0.25, -0.2) is 4.99 Å². The molecule has 1 aromatic carbocycles. The van der Waals surface area contributed by atoms with Crippen molar-refractivity contribution in [2.45, 2.75) is 38.8 Å². The first-order chi connectivity index (χ1) is 8.67. The molecule has 98 valence electrons. The highest BCUT2D eigenvalue weighted by molar-refractivity contribution is 5.92. The number of nitrogens with zero attached hydrogens (tertiary/aromatic N) is 1. The normalized spacial score (nSPS) is 23.6. The van der Waals surface area contributed by atoms with Gasteiger partial charge in [0.25, 0.3) is 0 Å². The molecule has 1 aliphatic rings. The molecule has 0 amide bonds. The molecule has 4 nitrogen and oxygen atoms in total. The van der Waals surface area contributed by atoms with E-state index in [1.807, 2.05) is 25.1 Å². The van der Waals surface area contributed by atoms with Gasteiger partial charge in [-0.05, 0) is 44.4 Å². The van der Waals surface area contributed by atoms with Gasteiger partial charge in [0.15, 0.2) is 5.96 Å². The Bertz CT molecular complexity index is 425. The lowest BCUT2D eigenvalue weighted by atomic mass is 9.90. The van der Waals surface area contributed by atoms with E-state index in [0.29, 0.717) is 18.1 Å². The van der Waals surface area contributed by atoms with Crippen LogP contribution >= 0.6 is 0 Å². The second-order valence-corrected chi connectivity index (χ2v) is 4.71. The highest BCUT2D eigenvalue weighted by atomic mass is 16.5. The van der Waals surface area contributed by atoms with E-state index >= 15 is 0 Å².